The van der Waals surface area contributed by atoms with Crippen molar-refractivity contribution in [3.63, 3.8) is 0 Å². The van der Waals surface area contributed by atoms with Crippen LogP contribution in [0.2, 0.25) is 0 Å². The van der Waals surface area contributed by atoms with Crippen molar-refractivity contribution in [2.45, 2.75) is 6.92 Å². The summed E-state index contributed by atoms with van der Waals surface area (Å²) in [6.07, 6.45) is 3.24. The Kier molecular flexibility index (Phi) is 4.12. The van der Waals surface area contributed by atoms with Crippen molar-refractivity contribution in [2.75, 3.05) is 12.3 Å². The van der Waals surface area contributed by atoms with Gasteiger partial charge in [-0.05, 0) is 6.16 Å². The molecular formula is C5H11OP. The van der Waals surface area contributed by atoms with Gasteiger partial charge in [0.05, 0.1) is 7.80 Å². The van der Waals surface area contributed by atoms with E-state index in [2.05, 4.69) is 6.58 Å². The Morgan fingerprint density at radius 2 is 2.43 bits per heavy atom. The van der Waals surface area contributed by atoms with E-state index in [9.17, 15) is 4.57 Å². The van der Waals surface area contributed by atoms with Gasteiger partial charge in [0, 0.05) is 6.16 Å². The van der Waals surface area contributed by atoms with Gasteiger partial charge in [-0.15, -0.1) is 6.58 Å². The fourth-order valence-corrected chi connectivity index (χ4v) is 0.916. The van der Waals surface area contributed by atoms with Gasteiger partial charge in [0.2, 0.25) is 0 Å². The topological polar surface area (TPSA) is 17.1 Å². The van der Waals surface area contributed by atoms with Crippen LogP contribution in [0.1, 0.15) is 6.92 Å². The van der Waals surface area contributed by atoms with Crippen molar-refractivity contribution in [1.29, 1.82) is 0 Å². The molecule has 0 heterocycles. The van der Waals surface area contributed by atoms with Gasteiger partial charge in [0.1, 0.15) is 0 Å². The predicted octanol–water partition coefficient (Wildman–Crippen LogP) is 1.75. The number of allylic oxidation sites excluding steroid dienone is 1. The van der Waals surface area contributed by atoms with E-state index < -0.39 is 7.80 Å². The lowest BCUT2D eigenvalue weighted by molar-refractivity contribution is 0.590. The van der Waals surface area contributed by atoms with Gasteiger partial charge in [-0.2, -0.15) is 0 Å². The maximum atomic E-state index is 10.5. The lowest BCUT2D eigenvalue weighted by Crippen LogP contribution is -1.69. The Bertz CT molecular complexity index is 78.1. The van der Waals surface area contributed by atoms with Gasteiger partial charge in [-0.25, -0.2) is 0 Å². The Hall–Kier alpha value is -0.0300. The zero-order chi connectivity index (χ0) is 5.70. The van der Waals surface area contributed by atoms with Crippen molar-refractivity contribution >= 4 is 7.80 Å². The highest BCUT2D eigenvalue weighted by Crippen LogP contribution is 2.17. The van der Waals surface area contributed by atoms with Crippen LogP contribution in [0.25, 0.3) is 0 Å². The van der Waals surface area contributed by atoms with E-state index in [1.165, 1.54) is 0 Å². The molecule has 1 unspecified atom stereocenters. The van der Waals surface area contributed by atoms with Gasteiger partial charge in [0.25, 0.3) is 0 Å². The first-order chi connectivity index (χ1) is 3.31. The van der Waals surface area contributed by atoms with Gasteiger partial charge in [-0.3, -0.25) is 0 Å². The molecule has 1 nitrogen and oxygen atoms in total. The van der Waals surface area contributed by atoms with Crippen molar-refractivity contribution in [3.05, 3.63) is 12.7 Å². The van der Waals surface area contributed by atoms with Crippen LogP contribution >= 0.6 is 7.80 Å². The second-order valence-corrected chi connectivity index (χ2v) is 3.58. The van der Waals surface area contributed by atoms with Gasteiger partial charge >= 0.3 is 0 Å². The van der Waals surface area contributed by atoms with Crippen LogP contribution in [0.4, 0.5) is 0 Å². The Balaban J connectivity index is 3.17. The second-order valence-electron chi connectivity index (χ2n) is 1.39. The molecule has 0 N–H and O–H groups in total. The highest BCUT2D eigenvalue weighted by atomic mass is 31.1. The minimum absolute atomic E-state index is 0.709. The Labute approximate surface area is 45.2 Å². The molecule has 0 bridgehead atoms. The fourth-order valence-electron chi connectivity index (χ4n) is 0.305. The first kappa shape index (κ1) is 6.97. The van der Waals surface area contributed by atoms with Crippen LogP contribution in [0.3, 0.4) is 0 Å². The SMILES string of the molecule is C=CC[PH](=O)CC. The van der Waals surface area contributed by atoms with E-state index in [1.54, 1.807) is 6.08 Å². The third kappa shape index (κ3) is 3.81. The van der Waals surface area contributed by atoms with E-state index in [0.29, 0.717) is 6.16 Å². The summed E-state index contributed by atoms with van der Waals surface area (Å²) in [5, 5.41) is 0. The molecule has 0 spiro atoms. The smallest absolute Gasteiger partial charge is 0.0795 e. The zero-order valence-corrected chi connectivity index (χ0v) is 5.61. The maximum absolute atomic E-state index is 10.5. The summed E-state index contributed by atoms with van der Waals surface area (Å²) < 4.78 is 10.5. The summed E-state index contributed by atoms with van der Waals surface area (Å²) in [5.41, 5.74) is 0. The molecular weight excluding hydrogens is 107 g/mol. The molecule has 1 atom stereocenters. The summed E-state index contributed by atoms with van der Waals surface area (Å²) in [4.78, 5) is 0. The highest BCUT2D eigenvalue weighted by Gasteiger charge is 1.86. The van der Waals surface area contributed by atoms with E-state index in [-0.39, 0.29) is 0 Å². The Morgan fingerprint density at radius 3 is 2.57 bits per heavy atom. The molecule has 0 fully saturated rings. The second kappa shape index (κ2) is 4.14. The number of hydrogen-bond donors (Lipinski definition) is 0. The van der Waals surface area contributed by atoms with Crippen LogP contribution in [-0.2, 0) is 4.57 Å². The molecule has 7 heavy (non-hydrogen) atoms. The molecule has 0 rings (SSSR count). The van der Waals surface area contributed by atoms with E-state index in [4.69, 9.17) is 0 Å². The van der Waals surface area contributed by atoms with Crippen LogP contribution in [-0.4, -0.2) is 12.3 Å². The molecule has 0 amide bonds. The molecule has 0 aromatic heterocycles. The molecule has 42 valence electrons. The van der Waals surface area contributed by atoms with E-state index >= 15 is 0 Å². The molecule has 0 saturated carbocycles. The summed E-state index contributed by atoms with van der Waals surface area (Å²) in [7, 11) is -1.25. The first-order valence-corrected chi connectivity index (χ1v) is 4.26. The zero-order valence-electron chi connectivity index (χ0n) is 4.61. The maximum Gasteiger partial charge on any atom is 0.0795 e. The summed E-state index contributed by atoms with van der Waals surface area (Å²) in [5.74, 6) is 0. The van der Waals surface area contributed by atoms with Crippen molar-refractivity contribution < 1.29 is 4.57 Å². The average Bonchev–Trinajstić information content (AvgIpc) is 1.68. The van der Waals surface area contributed by atoms with Crippen molar-refractivity contribution in [3.8, 4) is 0 Å². The normalized spacial score (nSPS) is 13.3. The standard InChI is InChI=1S/C5H11OP/c1-3-5-7(6)4-2/h3,7H,1,4-5H2,2H3. The summed E-state index contributed by atoms with van der Waals surface area (Å²) in [6.45, 7) is 5.41. The van der Waals surface area contributed by atoms with Crippen LogP contribution in [0, 0.1) is 0 Å². The monoisotopic (exact) mass is 118 g/mol. The molecule has 0 aliphatic rings. The molecule has 0 radical (unpaired) electrons. The molecule has 0 aliphatic carbocycles. The molecule has 0 aliphatic heterocycles. The molecule has 2 heteroatoms. The van der Waals surface area contributed by atoms with Crippen molar-refractivity contribution in [1.82, 2.24) is 0 Å². The summed E-state index contributed by atoms with van der Waals surface area (Å²) >= 11 is 0. The fraction of sp³-hybridized carbons (Fsp3) is 0.600. The lowest BCUT2D eigenvalue weighted by atomic mass is 10.8. The molecule has 0 aromatic rings. The first-order valence-electron chi connectivity index (χ1n) is 2.43. The minimum atomic E-state index is -1.25. The number of hydrogen-bond acceptors (Lipinski definition) is 1. The predicted molar refractivity (Wildman–Crippen MR) is 34.6 cm³/mol. The quantitative estimate of drug-likeness (QED) is 0.407. The third-order valence-electron chi connectivity index (χ3n) is 0.766. The largest absolute Gasteiger partial charge is 0.327 e. The third-order valence-corrected chi connectivity index (χ3v) is 2.30. The number of rotatable bonds is 3. The average molecular weight is 118 g/mol. The Morgan fingerprint density at radius 1 is 1.86 bits per heavy atom. The lowest BCUT2D eigenvalue weighted by Gasteiger charge is -1.85. The van der Waals surface area contributed by atoms with E-state index in [0.717, 1.165) is 6.16 Å². The molecule has 0 aromatic carbocycles. The van der Waals surface area contributed by atoms with Crippen molar-refractivity contribution in [2.24, 2.45) is 0 Å². The van der Waals surface area contributed by atoms with Crippen LogP contribution < -0.4 is 0 Å². The summed E-state index contributed by atoms with van der Waals surface area (Å²) in [6, 6.07) is 0. The van der Waals surface area contributed by atoms with E-state index in [1.807, 2.05) is 6.92 Å². The van der Waals surface area contributed by atoms with Crippen LogP contribution in [0.5, 0.6) is 0 Å². The van der Waals surface area contributed by atoms with Gasteiger partial charge in [-0.1, -0.05) is 13.0 Å². The minimum Gasteiger partial charge on any atom is -0.327 e. The van der Waals surface area contributed by atoms with Gasteiger partial charge in [0.15, 0.2) is 0 Å². The molecule has 0 saturated heterocycles. The van der Waals surface area contributed by atoms with Crippen LogP contribution in [0.15, 0.2) is 12.7 Å². The highest BCUT2D eigenvalue weighted by molar-refractivity contribution is 7.44. The van der Waals surface area contributed by atoms with Gasteiger partial charge < -0.3 is 4.57 Å².